The third-order valence-electron chi connectivity index (χ3n) is 2.27. The number of nitrogens with one attached hydrogen (secondary N) is 1. The van der Waals surface area contributed by atoms with Gasteiger partial charge in [-0.25, -0.2) is 0 Å². The molecule has 0 unspecified atom stereocenters. The fourth-order valence-corrected chi connectivity index (χ4v) is 2.47. The Hall–Kier alpha value is 0.190. The van der Waals surface area contributed by atoms with E-state index in [1.54, 1.807) is 0 Å². The summed E-state index contributed by atoms with van der Waals surface area (Å²) in [5, 5.41) is 2.91. The highest BCUT2D eigenvalue weighted by Gasteiger charge is 2.09. The molecule has 94 valence electrons. The number of benzene rings is 1. The summed E-state index contributed by atoms with van der Waals surface area (Å²) in [5.74, 6) is 0.664. The largest absolute Gasteiger partial charge is 0.352 e. The van der Waals surface area contributed by atoms with Gasteiger partial charge in [-0.05, 0) is 69.6 Å². The predicted molar refractivity (Wildman–Crippen MR) is 83.8 cm³/mol. The molecule has 0 aliphatic rings. The molecule has 0 saturated carbocycles. The lowest BCUT2D eigenvalue weighted by Gasteiger charge is -2.07. The van der Waals surface area contributed by atoms with Crippen molar-refractivity contribution in [1.29, 1.82) is 0 Å². The van der Waals surface area contributed by atoms with Crippen molar-refractivity contribution in [3.63, 3.8) is 0 Å². The van der Waals surface area contributed by atoms with Crippen LogP contribution in [-0.4, -0.2) is 18.3 Å². The molecule has 0 aromatic heterocycles. The van der Waals surface area contributed by atoms with Crippen LogP contribution in [0.3, 0.4) is 0 Å². The average Bonchev–Trinajstić information content (AvgIpc) is 2.32. The van der Waals surface area contributed by atoms with Crippen LogP contribution in [0.25, 0.3) is 0 Å². The first-order valence-electron chi connectivity index (χ1n) is 5.44. The van der Waals surface area contributed by atoms with E-state index in [9.17, 15) is 4.79 Å². The van der Waals surface area contributed by atoms with E-state index in [-0.39, 0.29) is 5.91 Å². The van der Waals surface area contributed by atoms with Crippen molar-refractivity contribution < 1.29 is 4.79 Å². The van der Waals surface area contributed by atoms with Gasteiger partial charge in [0.05, 0.1) is 5.56 Å². The Kier molecular flexibility index (Phi) is 7.46. The van der Waals surface area contributed by atoms with E-state index in [1.807, 2.05) is 18.2 Å². The predicted octanol–water partition coefficient (Wildman–Crippen LogP) is 4.19. The minimum Gasteiger partial charge on any atom is -0.352 e. The summed E-state index contributed by atoms with van der Waals surface area (Å²) in [6, 6.07) is 5.73. The molecule has 0 radical (unpaired) electrons. The molecule has 0 aliphatic carbocycles. The minimum absolute atomic E-state index is 0.0266. The Labute approximate surface area is 129 Å². The van der Waals surface area contributed by atoms with Gasteiger partial charge in [-0.1, -0.05) is 6.42 Å². The lowest BCUT2D eigenvalue weighted by molar-refractivity contribution is 0.0952. The summed E-state index contributed by atoms with van der Waals surface area (Å²) in [5.41, 5.74) is 0.689. The van der Waals surface area contributed by atoms with Crippen LogP contribution < -0.4 is 5.32 Å². The van der Waals surface area contributed by atoms with Crippen molar-refractivity contribution in [3.05, 3.63) is 31.8 Å². The van der Waals surface area contributed by atoms with Crippen LogP contribution in [0.15, 0.2) is 22.7 Å². The van der Waals surface area contributed by atoms with Gasteiger partial charge in [-0.15, -0.1) is 11.6 Å². The Morgan fingerprint density at radius 3 is 2.82 bits per heavy atom. The fourth-order valence-electron chi connectivity index (χ4n) is 1.36. The van der Waals surface area contributed by atoms with E-state index in [1.165, 1.54) is 0 Å². The fraction of sp³-hybridized carbons (Fsp3) is 0.417. The maximum Gasteiger partial charge on any atom is 0.252 e. The first kappa shape index (κ1) is 15.2. The lowest BCUT2D eigenvalue weighted by atomic mass is 10.2. The molecule has 0 heterocycles. The van der Waals surface area contributed by atoms with Gasteiger partial charge in [-0.3, -0.25) is 4.79 Å². The highest BCUT2D eigenvalue weighted by molar-refractivity contribution is 14.1. The number of unbranched alkanes of at least 4 members (excludes halogenated alkanes) is 2. The number of hydrogen-bond donors (Lipinski definition) is 1. The normalized spacial score (nSPS) is 10.3. The monoisotopic (exact) mass is 429 g/mol. The molecule has 0 aliphatic heterocycles. The molecule has 17 heavy (non-hydrogen) atoms. The topological polar surface area (TPSA) is 29.1 Å². The summed E-state index contributed by atoms with van der Waals surface area (Å²) >= 11 is 11.2. The Balaban J connectivity index is 2.44. The highest BCUT2D eigenvalue weighted by Crippen LogP contribution is 2.19. The van der Waals surface area contributed by atoms with Gasteiger partial charge in [0.1, 0.15) is 0 Å². The first-order valence-corrected chi connectivity index (χ1v) is 7.85. The number of rotatable bonds is 6. The van der Waals surface area contributed by atoms with Crippen LogP contribution in [0.5, 0.6) is 0 Å². The van der Waals surface area contributed by atoms with Gasteiger partial charge in [0.15, 0.2) is 0 Å². The van der Waals surface area contributed by atoms with Crippen LogP contribution in [0, 0.1) is 3.57 Å². The third-order valence-corrected chi connectivity index (χ3v) is 3.90. The van der Waals surface area contributed by atoms with Crippen molar-refractivity contribution in [2.75, 3.05) is 12.4 Å². The molecule has 1 rings (SSSR count). The molecule has 0 saturated heterocycles. The number of carbonyl (C=O) groups excluding carboxylic acids is 1. The second-order valence-electron chi connectivity index (χ2n) is 3.63. The molecule has 1 amide bonds. The van der Waals surface area contributed by atoms with Gasteiger partial charge in [0.25, 0.3) is 5.91 Å². The van der Waals surface area contributed by atoms with E-state index in [0.717, 1.165) is 27.3 Å². The number of carbonyl (C=O) groups is 1. The molecule has 2 nitrogen and oxygen atoms in total. The van der Waals surface area contributed by atoms with Gasteiger partial charge >= 0.3 is 0 Å². The molecule has 1 aromatic carbocycles. The summed E-state index contributed by atoms with van der Waals surface area (Å²) < 4.78 is 1.88. The van der Waals surface area contributed by atoms with E-state index in [4.69, 9.17) is 11.6 Å². The number of alkyl halides is 1. The van der Waals surface area contributed by atoms with Crippen molar-refractivity contribution in [2.45, 2.75) is 19.3 Å². The van der Waals surface area contributed by atoms with E-state index < -0.39 is 0 Å². The second-order valence-corrected chi connectivity index (χ2v) is 6.11. The Morgan fingerprint density at radius 2 is 2.12 bits per heavy atom. The minimum atomic E-state index is -0.0266. The quantitative estimate of drug-likeness (QED) is 0.409. The molecule has 0 atom stereocenters. The molecule has 0 fully saturated rings. The van der Waals surface area contributed by atoms with Gasteiger partial charge in [-0.2, -0.15) is 0 Å². The Bertz CT molecular complexity index is 387. The first-order chi connectivity index (χ1) is 8.15. The van der Waals surface area contributed by atoms with Crippen molar-refractivity contribution in [1.82, 2.24) is 5.32 Å². The molecule has 5 heteroatoms. The standard InChI is InChI=1S/C12H14BrClINO/c13-11-5-4-9(15)8-10(11)12(17)16-7-3-1-2-6-14/h4-5,8H,1-3,6-7H2,(H,16,17). The number of hydrogen-bond acceptors (Lipinski definition) is 1. The SMILES string of the molecule is O=C(NCCCCCCl)c1cc(I)ccc1Br. The molecule has 0 spiro atoms. The van der Waals surface area contributed by atoms with Gasteiger partial charge in [0, 0.05) is 20.5 Å². The van der Waals surface area contributed by atoms with E-state index in [0.29, 0.717) is 18.0 Å². The van der Waals surface area contributed by atoms with Crippen LogP contribution in [0.1, 0.15) is 29.6 Å². The molecule has 1 N–H and O–H groups in total. The van der Waals surface area contributed by atoms with Gasteiger partial charge < -0.3 is 5.32 Å². The van der Waals surface area contributed by atoms with Crippen molar-refractivity contribution in [2.24, 2.45) is 0 Å². The maximum atomic E-state index is 11.9. The third kappa shape index (κ3) is 5.57. The summed E-state index contributed by atoms with van der Waals surface area (Å²) in [7, 11) is 0. The summed E-state index contributed by atoms with van der Waals surface area (Å²) in [4.78, 5) is 11.9. The van der Waals surface area contributed by atoms with Crippen LogP contribution in [0.2, 0.25) is 0 Å². The van der Waals surface area contributed by atoms with E-state index in [2.05, 4.69) is 43.8 Å². The Morgan fingerprint density at radius 1 is 1.35 bits per heavy atom. The molecule has 1 aromatic rings. The second kappa shape index (κ2) is 8.32. The zero-order chi connectivity index (χ0) is 12.7. The summed E-state index contributed by atoms with van der Waals surface area (Å²) in [6.07, 6.45) is 3.03. The van der Waals surface area contributed by atoms with Crippen molar-refractivity contribution >= 4 is 56.0 Å². The molecule has 0 bridgehead atoms. The lowest BCUT2D eigenvalue weighted by Crippen LogP contribution is -2.24. The van der Waals surface area contributed by atoms with Gasteiger partial charge in [0.2, 0.25) is 0 Å². The summed E-state index contributed by atoms with van der Waals surface area (Å²) in [6.45, 7) is 0.702. The molecular formula is C12H14BrClINO. The van der Waals surface area contributed by atoms with Crippen LogP contribution in [0.4, 0.5) is 0 Å². The number of amides is 1. The zero-order valence-corrected chi connectivity index (χ0v) is 13.8. The highest BCUT2D eigenvalue weighted by atomic mass is 127. The van der Waals surface area contributed by atoms with Crippen LogP contribution in [-0.2, 0) is 0 Å². The number of halogens is 3. The zero-order valence-electron chi connectivity index (χ0n) is 9.31. The molecular weight excluding hydrogens is 416 g/mol. The van der Waals surface area contributed by atoms with Crippen molar-refractivity contribution in [3.8, 4) is 0 Å². The van der Waals surface area contributed by atoms with E-state index >= 15 is 0 Å². The van der Waals surface area contributed by atoms with Crippen LogP contribution >= 0.6 is 50.1 Å². The smallest absolute Gasteiger partial charge is 0.252 e. The average molecular weight is 431 g/mol. The maximum absolute atomic E-state index is 11.9.